The van der Waals surface area contributed by atoms with Gasteiger partial charge in [0.15, 0.2) is 0 Å². The average molecular weight is 239 g/mol. The van der Waals surface area contributed by atoms with Crippen molar-refractivity contribution in [3.63, 3.8) is 0 Å². The molecule has 1 N–H and O–H groups in total. The lowest BCUT2D eigenvalue weighted by atomic mass is 9.95. The van der Waals surface area contributed by atoms with E-state index in [0.717, 1.165) is 25.0 Å². The van der Waals surface area contributed by atoms with Gasteiger partial charge in [0.05, 0.1) is 0 Å². The van der Waals surface area contributed by atoms with Crippen molar-refractivity contribution < 1.29 is 0 Å². The molecule has 2 fully saturated rings. The van der Waals surface area contributed by atoms with Crippen LogP contribution in [0.4, 0.5) is 0 Å². The van der Waals surface area contributed by atoms with Gasteiger partial charge in [0.1, 0.15) is 0 Å². The van der Waals surface area contributed by atoms with Gasteiger partial charge in [-0.1, -0.05) is 6.42 Å². The molecule has 3 atom stereocenters. The zero-order chi connectivity index (χ0) is 12.3. The Labute approximate surface area is 107 Å². The number of fused-ring (bicyclic) bond motifs is 1. The molecule has 2 aliphatic rings. The number of piperidine rings is 1. The van der Waals surface area contributed by atoms with Gasteiger partial charge in [-0.15, -0.1) is 0 Å². The minimum absolute atomic E-state index is 0.681. The van der Waals surface area contributed by atoms with Crippen molar-refractivity contribution in [2.75, 3.05) is 40.3 Å². The maximum Gasteiger partial charge on any atom is 0.0101 e. The molecule has 0 amide bonds. The SMILES string of the molecule is C[C@H](NCCN(C)C)[C@@H]1C[C@@H]2CCCCN2C1. The Morgan fingerprint density at radius 2 is 2.18 bits per heavy atom. The van der Waals surface area contributed by atoms with E-state index >= 15 is 0 Å². The number of nitrogens with one attached hydrogen (secondary N) is 1. The molecule has 0 aromatic heterocycles. The quantitative estimate of drug-likeness (QED) is 0.782. The Morgan fingerprint density at radius 1 is 1.35 bits per heavy atom. The van der Waals surface area contributed by atoms with Gasteiger partial charge in [-0.05, 0) is 52.7 Å². The fourth-order valence-electron chi connectivity index (χ4n) is 3.34. The fourth-order valence-corrected chi connectivity index (χ4v) is 3.34. The minimum Gasteiger partial charge on any atom is -0.313 e. The summed E-state index contributed by atoms with van der Waals surface area (Å²) >= 11 is 0. The summed E-state index contributed by atoms with van der Waals surface area (Å²) in [6, 6.07) is 1.59. The largest absolute Gasteiger partial charge is 0.313 e. The minimum atomic E-state index is 0.681. The van der Waals surface area contributed by atoms with Crippen molar-refractivity contribution in [3.8, 4) is 0 Å². The summed E-state index contributed by atoms with van der Waals surface area (Å²) in [5, 5.41) is 3.70. The molecule has 2 saturated heterocycles. The summed E-state index contributed by atoms with van der Waals surface area (Å²) in [5.41, 5.74) is 0. The fraction of sp³-hybridized carbons (Fsp3) is 1.00. The Balaban J connectivity index is 1.71. The highest BCUT2D eigenvalue weighted by molar-refractivity contribution is 4.91. The number of nitrogens with zero attached hydrogens (tertiary/aromatic N) is 2. The molecule has 100 valence electrons. The van der Waals surface area contributed by atoms with Crippen molar-refractivity contribution in [2.24, 2.45) is 5.92 Å². The number of likely N-dealkylation sites (N-methyl/N-ethyl adjacent to an activating group) is 1. The van der Waals surface area contributed by atoms with Crippen molar-refractivity contribution >= 4 is 0 Å². The highest BCUT2D eigenvalue weighted by atomic mass is 15.2. The van der Waals surface area contributed by atoms with Crippen molar-refractivity contribution in [2.45, 2.75) is 44.7 Å². The van der Waals surface area contributed by atoms with Crippen LogP contribution in [0.3, 0.4) is 0 Å². The molecule has 2 aliphatic heterocycles. The summed E-state index contributed by atoms with van der Waals surface area (Å²) in [4.78, 5) is 4.98. The Bertz CT molecular complexity index is 216. The molecule has 0 saturated carbocycles. The van der Waals surface area contributed by atoms with Gasteiger partial charge in [0, 0.05) is 31.7 Å². The standard InChI is InChI=1S/C14H29N3/c1-12(15-7-9-16(2)3)13-10-14-6-4-5-8-17(14)11-13/h12-15H,4-11H2,1-3H3/t12-,13+,14-/m0/s1. The number of hydrogen-bond acceptors (Lipinski definition) is 3. The third-order valence-corrected chi connectivity index (χ3v) is 4.53. The maximum absolute atomic E-state index is 3.70. The van der Waals surface area contributed by atoms with Gasteiger partial charge in [-0.3, -0.25) is 0 Å². The van der Waals surface area contributed by atoms with Crippen LogP contribution in [-0.2, 0) is 0 Å². The third kappa shape index (κ3) is 3.67. The van der Waals surface area contributed by atoms with E-state index in [1.807, 2.05) is 0 Å². The molecule has 0 aromatic carbocycles. The Hall–Kier alpha value is -0.120. The molecule has 0 radical (unpaired) electrons. The lowest BCUT2D eigenvalue weighted by Crippen LogP contribution is -2.39. The predicted molar refractivity (Wildman–Crippen MR) is 73.3 cm³/mol. The van der Waals surface area contributed by atoms with E-state index in [-0.39, 0.29) is 0 Å². The molecule has 17 heavy (non-hydrogen) atoms. The van der Waals surface area contributed by atoms with Crippen molar-refractivity contribution in [1.29, 1.82) is 0 Å². The van der Waals surface area contributed by atoms with E-state index in [2.05, 4.69) is 36.1 Å². The summed E-state index contributed by atoms with van der Waals surface area (Å²) in [7, 11) is 4.28. The molecule has 2 rings (SSSR count). The first-order valence-electron chi connectivity index (χ1n) is 7.29. The van der Waals surface area contributed by atoms with E-state index in [1.165, 1.54) is 38.8 Å². The zero-order valence-electron chi connectivity index (χ0n) is 11.8. The van der Waals surface area contributed by atoms with E-state index in [0.29, 0.717) is 6.04 Å². The van der Waals surface area contributed by atoms with Crippen LogP contribution in [0.15, 0.2) is 0 Å². The van der Waals surface area contributed by atoms with Gasteiger partial charge < -0.3 is 15.1 Å². The van der Waals surface area contributed by atoms with Gasteiger partial charge in [0.25, 0.3) is 0 Å². The second kappa shape index (κ2) is 6.17. The lowest BCUT2D eigenvalue weighted by Gasteiger charge is -2.28. The first-order chi connectivity index (χ1) is 8.16. The maximum atomic E-state index is 3.70. The van der Waals surface area contributed by atoms with Crippen LogP contribution in [0.25, 0.3) is 0 Å². The van der Waals surface area contributed by atoms with Crippen LogP contribution in [0.1, 0.15) is 32.6 Å². The van der Waals surface area contributed by atoms with E-state index in [9.17, 15) is 0 Å². The van der Waals surface area contributed by atoms with Gasteiger partial charge in [-0.25, -0.2) is 0 Å². The zero-order valence-corrected chi connectivity index (χ0v) is 11.8. The van der Waals surface area contributed by atoms with Crippen LogP contribution in [0.2, 0.25) is 0 Å². The van der Waals surface area contributed by atoms with E-state index in [1.54, 1.807) is 0 Å². The molecule has 3 heteroatoms. The summed E-state index contributed by atoms with van der Waals surface area (Å²) in [6.07, 6.45) is 5.75. The average Bonchev–Trinajstić information content (AvgIpc) is 2.71. The number of hydrogen-bond donors (Lipinski definition) is 1. The Morgan fingerprint density at radius 3 is 2.88 bits per heavy atom. The van der Waals surface area contributed by atoms with Crippen LogP contribution in [0.5, 0.6) is 0 Å². The lowest BCUT2D eigenvalue weighted by molar-refractivity contribution is 0.195. The highest BCUT2D eigenvalue weighted by Crippen LogP contribution is 2.31. The van der Waals surface area contributed by atoms with E-state index in [4.69, 9.17) is 0 Å². The van der Waals surface area contributed by atoms with Crippen LogP contribution < -0.4 is 5.32 Å². The third-order valence-electron chi connectivity index (χ3n) is 4.53. The Kier molecular flexibility index (Phi) is 4.83. The predicted octanol–water partition coefficient (Wildman–Crippen LogP) is 1.40. The normalized spacial score (nSPS) is 31.8. The topological polar surface area (TPSA) is 18.5 Å². The van der Waals surface area contributed by atoms with Crippen LogP contribution in [0, 0.1) is 5.92 Å². The smallest absolute Gasteiger partial charge is 0.0101 e. The molecule has 0 spiro atoms. The first-order valence-corrected chi connectivity index (χ1v) is 7.29. The monoisotopic (exact) mass is 239 g/mol. The first kappa shape index (κ1) is 13.3. The molecule has 2 heterocycles. The molecule has 0 bridgehead atoms. The van der Waals surface area contributed by atoms with Crippen molar-refractivity contribution in [1.82, 2.24) is 15.1 Å². The molecule has 0 aromatic rings. The van der Waals surface area contributed by atoms with Crippen LogP contribution in [-0.4, -0.2) is 62.2 Å². The molecular weight excluding hydrogens is 210 g/mol. The molecule has 0 unspecified atom stereocenters. The van der Waals surface area contributed by atoms with Gasteiger partial charge in [-0.2, -0.15) is 0 Å². The molecule has 3 nitrogen and oxygen atoms in total. The highest BCUT2D eigenvalue weighted by Gasteiger charge is 2.35. The molecule has 0 aliphatic carbocycles. The van der Waals surface area contributed by atoms with Crippen molar-refractivity contribution in [3.05, 3.63) is 0 Å². The summed E-state index contributed by atoms with van der Waals surface area (Å²) in [5.74, 6) is 0.875. The van der Waals surface area contributed by atoms with Gasteiger partial charge in [0.2, 0.25) is 0 Å². The van der Waals surface area contributed by atoms with Crippen LogP contribution >= 0.6 is 0 Å². The molecular formula is C14H29N3. The van der Waals surface area contributed by atoms with E-state index < -0.39 is 0 Å². The van der Waals surface area contributed by atoms with Gasteiger partial charge >= 0.3 is 0 Å². The number of rotatable bonds is 5. The summed E-state index contributed by atoms with van der Waals surface area (Å²) < 4.78 is 0. The second-order valence-corrected chi connectivity index (χ2v) is 6.19. The summed E-state index contributed by atoms with van der Waals surface area (Å²) in [6.45, 7) is 7.32. The second-order valence-electron chi connectivity index (χ2n) is 6.19.